The van der Waals surface area contributed by atoms with Crippen LogP contribution >= 0.6 is 0 Å². The highest BCUT2D eigenvalue weighted by Gasteiger charge is 2.10. The van der Waals surface area contributed by atoms with E-state index in [1.54, 1.807) is 7.11 Å². The molecule has 0 aliphatic carbocycles. The number of likely N-dealkylation sites (N-methyl/N-ethyl adjacent to an activating group) is 1. The van der Waals surface area contributed by atoms with Crippen molar-refractivity contribution in [3.8, 4) is 11.5 Å². The molecule has 1 aliphatic rings. The standard InChI is InChI=1S/C11H13NO2/c1-12-9-5-8-6-10(13-2)3-4-11(8)14-7-9/h3-6,12H,7H2,1-2H3. The van der Waals surface area contributed by atoms with Crippen molar-refractivity contribution in [2.75, 3.05) is 20.8 Å². The second kappa shape index (κ2) is 3.62. The van der Waals surface area contributed by atoms with Gasteiger partial charge in [-0.3, -0.25) is 0 Å². The minimum atomic E-state index is 0.607. The first-order valence-electron chi connectivity index (χ1n) is 4.52. The lowest BCUT2D eigenvalue weighted by Crippen LogP contribution is -2.17. The van der Waals surface area contributed by atoms with E-state index in [9.17, 15) is 0 Å². The van der Waals surface area contributed by atoms with Gasteiger partial charge in [-0.15, -0.1) is 0 Å². The Morgan fingerprint density at radius 3 is 3.00 bits per heavy atom. The van der Waals surface area contributed by atoms with Crippen LogP contribution in [0.15, 0.2) is 23.9 Å². The van der Waals surface area contributed by atoms with E-state index in [1.807, 2.05) is 25.2 Å². The Kier molecular flexibility index (Phi) is 2.31. The highest BCUT2D eigenvalue weighted by molar-refractivity contribution is 5.63. The van der Waals surface area contributed by atoms with Crippen molar-refractivity contribution in [1.82, 2.24) is 5.32 Å². The van der Waals surface area contributed by atoms with Gasteiger partial charge in [0.2, 0.25) is 0 Å². The van der Waals surface area contributed by atoms with E-state index >= 15 is 0 Å². The van der Waals surface area contributed by atoms with Crippen molar-refractivity contribution in [2.24, 2.45) is 0 Å². The fraction of sp³-hybridized carbons (Fsp3) is 0.273. The van der Waals surface area contributed by atoms with Crippen LogP contribution in [-0.4, -0.2) is 20.8 Å². The van der Waals surface area contributed by atoms with Gasteiger partial charge in [0.05, 0.1) is 7.11 Å². The van der Waals surface area contributed by atoms with Crippen LogP contribution in [0.2, 0.25) is 0 Å². The van der Waals surface area contributed by atoms with Crippen molar-refractivity contribution in [2.45, 2.75) is 0 Å². The largest absolute Gasteiger partial charge is 0.497 e. The molecule has 1 N–H and O–H groups in total. The molecule has 0 radical (unpaired) electrons. The Bertz CT molecular complexity index is 372. The molecule has 1 aromatic carbocycles. The van der Waals surface area contributed by atoms with Crippen molar-refractivity contribution < 1.29 is 9.47 Å². The van der Waals surface area contributed by atoms with E-state index in [-0.39, 0.29) is 0 Å². The Morgan fingerprint density at radius 2 is 2.29 bits per heavy atom. The van der Waals surface area contributed by atoms with Gasteiger partial charge in [0.25, 0.3) is 0 Å². The highest BCUT2D eigenvalue weighted by atomic mass is 16.5. The summed E-state index contributed by atoms with van der Waals surface area (Å²) in [6, 6.07) is 5.79. The summed E-state index contributed by atoms with van der Waals surface area (Å²) < 4.78 is 10.7. The van der Waals surface area contributed by atoms with Gasteiger partial charge in [-0.25, -0.2) is 0 Å². The molecular formula is C11H13NO2. The number of nitrogens with one attached hydrogen (secondary N) is 1. The van der Waals surface area contributed by atoms with Gasteiger partial charge in [-0.2, -0.15) is 0 Å². The second-order valence-electron chi connectivity index (χ2n) is 3.11. The molecule has 0 saturated heterocycles. The first-order chi connectivity index (χ1) is 6.83. The van der Waals surface area contributed by atoms with Gasteiger partial charge in [-0.05, 0) is 24.3 Å². The van der Waals surface area contributed by atoms with Crippen LogP contribution in [0.1, 0.15) is 5.56 Å². The fourth-order valence-electron chi connectivity index (χ4n) is 1.43. The van der Waals surface area contributed by atoms with E-state index in [1.165, 1.54) is 0 Å². The third-order valence-corrected chi connectivity index (χ3v) is 2.25. The Balaban J connectivity index is 2.39. The molecule has 3 nitrogen and oxygen atoms in total. The molecule has 0 saturated carbocycles. The summed E-state index contributed by atoms with van der Waals surface area (Å²) in [6.45, 7) is 0.607. The van der Waals surface area contributed by atoms with Crippen LogP contribution < -0.4 is 14.8 Å². The summed E-state index contributed by atoms with van der Waals surface area (Å²) in [4.78, 5) is 0. The van der Waals surface area contributed by atoms with Crippen LogP contribution in [0, 0.1) is 0 Å². The van der Waals surface area contributed by atoms with Crippen molar-refractivity contribution in [3.05, 3.63) is 29.5 Å². The Morgan fingerprint density at radius 1 is 1.43 bits per heavy atom. The number of hydrogen-bond acceptors (Lipinski definition) is 3. The topological polar surface area (TPSA) is 30.5 Å². The first-order valence-corrected chi connectivity index (χ1v) is 4.52. The van der Waals surface area contributed by atoms with Crippen LogP contribution in [0.25, 0.3) is 6.08 Å². The third kappa shape index (κ3) is 1.53. The lowest BCUT2D eigenvalue weighted by molar-refractivity contribution is 0.338. The predicted octanol–water partition coefficient (Wildman–Crippen LogP) is 1.65. The fourth-order valence-corrected chi connectivity index (χ4v) is 1.43. The number of hydrogen-bond donors (Lipinski definition) is 1. The SMILES string of the molecule is CNC1=Cc2cc(OC)ccc2OC1. The second-order valence-corrected chi connectivity index (χ2v) is 3.11. The maximum atomic E-state index is 5.54. The minimum absolute atomic E-state index is 0.607. The number of methoxy groups -OCH3 is 1. The molecule has 1 aliphatic heterocycles. The monoisotopic (exact) mass is 191 g/mol. The summed E-state index contributed by atoms with van der Waals surface area (Å²) in [5.41, 5.74) is 2.13. The maximum Gasteiger partial charge on any atom is 0.128 e. The maximum absolute atomic E-state index is 5.54. The van der Waals surface area contributed by atoms with Crippen molar-refractivity contribution >= 4 is 6.08 Å². The van der Waals surface area contributed by atoms with Gasteiger partial charge < -0.3 is 14.8 Å². The molecule has 0 spiro atoms. The molecule has 0 aromatic heterocycles. The first kappa shape index (κ1) is 8.94. The van der Waals surface area contributed by atoms with Gasteiger partial charge >= 0.3 is 0 Å². The molecule has 2 rings (SSSR count). The molecule has 14 heavy (non-hydrogen) atoms. The quantitative estimate of drug-likeness (QED) is 0.771. The Hall–Kier alpha value is -1.64. The molecule has 0 atom stereocenters. The zero-order valence-electron chi connectivity index (χ0n) is 8.33. The van der Waals surface area contributed by atoms with E-state index in [2.05, 4.69) is 11.4 Å². The van der Waals surface area contributed by atoms with Gasteiger partial charge in [0, 0.05) is 18.3 Å². The van der Waals surface area contributed by atoms with Gasteiger partial charge in [-0.1, -0.05) is 0 Å². The average molecular weight is 191 g/mol. The molecular weight excluding hydrogens is 178 g/mol. The van der Waals surface area contributed by atoms with E-state index < -0.39 is 0 Å². The molecule has 3 heteroatoms. The summed E-state index contributed by atoms with van der Waals surface area (Å²) in [7, 11) is 3.55. The van der Waals surface area contributed by atoms with Gasteiger partial charge in [0.15, 0.2) is 0 Å². The van der Waals surface area contributed by atoms with Crippen LogP contribution in [0.5, 0.6) is 11.5 Å². The van der Waals surface area contributed by atoms with Crippen LogP contribution in [0.3, 0.4) is 0 Å². The lowest BCUT2D eigenvalue weighted by Gasteiger charge is -2.18. The zero-order chi connectivity index (χ0) is 9.97. The van der Waals surface area contributed by atoms with E-state index in [0.29, 0.717) is 6.61 Å². The number of benzene rings is 1. The third-order valence-electron chi connectivity index (χ3n) is 2.25. The van der Waals surface area contributed by atoms with E-state index in [0.717, 1.165) is 22.8 Å². The Labute approximate surface area is 83.3 Å². The van der Waals surface area contributed by atoms with Crippen molar-refractivity contribution in [3.63, 3.8) is 0 Å². The van der Waals surface area contributed by atoms with Gasteiger partial charge in [0.1, 0.15) is 18.1 Å². The number of rotatable bonds is 2. The average Bonchev–Trinajstić information content (AvgIpc) is 2.27. The highest BCUT2D eigenvalue weighted by Crippen LogP contribution is 2.28. The number of fused-ring (bicyclic) bond motifs is 1. The van der Waals surface area contributed by atoms with Crippen LogP contribution in [-0.2, 0) is 0 Å². The molecule has 1 aromatic rings. The molecule has 0 unspecified atom stereocenters. The normalized spacial score (nSPS) is 13.7. The van der Waals surface area contributed by atoms with Crippen molar-refractivity contribution in [1.29, 1.82) is 0 Å². The summed E-state index contributed by atoms with van der Waals surface area (Å²) in [5.74, 6) is 1.76. The lowest BCUT2D eigenvalue weighted by atomic mass is 10.1. The number of ether oxygens (including phenoxy) is 2. The van der Waals surface area contributed by atoms with E-state index in [4.69, 9.17) is 9.47 Å². The summed E-state index contributed by atoms with van der Waals surface area (Å²) in [6.07, 6.45) is 2.07. The molecule has 0 fully saturated rings. The summed E-state index contributed by atoms with van der Waals surface area (Å²) >= 11 is 0. The predicted molar refractivity (Wildman–Crippen MR) is 55.5 cm³/mol. The molecule has 1 heterocycles. The molecule has 74 valence electrons. The zero-order valence-corrected chi connectivity index (χ0v) is 8.33. The molecule has 0 bridgehead atoms. The minimum Gasteiger partial charge on any atom is -0.497 e. The summed E-state index contributed by atoms with van der Waals surface area (Å²) in [5, 5.41) is 3.08. The van der Waals surface area contributed by atoms with Crippen LogP contribution in [0.4, 0.5) is 0 Å². The molecule has 0 amide bonds. The smallest absolute Gasteiger partial charge is 0.128 e.